The Morgan fingerprint density at radius 3 is 1.60 bits per heavy atom. The number of carboxylic acids is 1. The van der Waals surface area contributed by atoms with Crippen LogP contribution in [0.2, 0.25) is 0 Å². The Balaban J connectivity index is 1.82. The van der Waals surface area contributed by atoms with Crippen LogP contribution in [0.3, 0.4) is 0 Å². The fraction of sp³-hybridized carbons (Fsp3) is 0.900. The molecule has 0 aromatic heterocycles. The highest BCUT2D eigenvalue weighted by Crippen LogP contribution is 2.25. The lowest BCUT2D eigenvalue weighted by Crippen LogP contribution is -2.42. The molecule has 5 N–H and O–H groups in total. The Labute approximate surface area is 255 Å². The molecular weight excluding hydrogens is 627 g/mol. The number of carboxylic acid groups (broad SMARTS) is 1. The zero-order valence-corrected chi connectivity index (χ0v) is 26.6. The normalized spacial score (nSPS) is 17.9. The van der Waals surface area contributed by atoms with Crippen LogP contribution >= 0.6 is 22.6 Å². The Kier molecular flexibility index (Phi) is 23.0. The molecule has 40 heavy (non-hydrogen) atoms. The number of ether oxygens (including phenoxy) is 1. The third-order valence-corrected chi connectivity index (χ3v) is 8.24. The van der Waals surface area contributed by atoms with Crippen molar-refractivity contribution < 1.29 is 34.4 Å². The van der Waals surface area contributed by atoms with Gasteiger partial charge in [-0.3, -0.25) is 19.7 Å². The highest BCUT2D eigenvalue weighted by molar-refractivity contribution is 14.1. The summed E-state index contributed by atoms with van der Waals surface area (Å²) < 4.78 is 4.87. The molecule has 1 aliphatic heterocycles. The number of aliphatic hydroxyl groups is 2. The van der Waals surface area contributed by atoms with Gasteiger partial charge in [0, 0.05) is 42.0 Å². The van der Waals surface area contributed by atoms with Gasteiger partial charge in [-0.1, -0.05) is 89.9 Å². The van der Waals surface area contributed by atoms with Gasteiger partial charge in [-0.15, -0.1) is 0 Å². The van der Waals surface area contributed by atoms with E-state index in [9.17, 15) is 24.6 Å². The average Bonchev–Trinajstić information content (AvgIpc) is 3.62. The van der Waals surface area contributed by atoms with Crippen molar-refractivity contribution in [1.82, 2.24) is 10.6 Å². The summed E-state index contributed by atoms with van der Waals surface area (Å²) in [6.45, 7) is 0.511. The van der Waals surface area contributed by atoms with E-state index < -0.39 is 24.5 Å². The van der Waals surface area contributed by atoms with Crippen LogP contribution in [0.25, 0.3) is 0 Å². The van der Waals surface area contributed by atoms with Crippen molar-refractivity contribution >= 4 is 38.3 Å². The molecule has 0 saturated carbocycles. The van der Waals surface area contributed by atoms with Crippen molar-refractivity contribution in [2.24, 2.45) is 0 Å². The monoisotopic (exact) mass is 682 g/mol. The summed E-state index contributed by atoms with van der Waals surface area (Å²) in [5.41, 5.74) is 0. The van der Waals surface area contributed by atoms with E-state index >= 15 is 0 Å². The maximum atomic E-state index is 12.0. The largest absolute Gasteiger partial charge is 0.481 e. The summed E-state index contributed by atoms with van der Waals surface area (Å²) in [6.07, 6.45) is 20.4. The summed E-state index contributed by atoms with van der Waals surface area (Å²) >= 11 is 1.72. The molecule has 1 aliphatic rings. The predicted molar refractivity (Wildman–Crippen MR) is 165 cm³/mol. The number of epoxide rings is 1. The van der Waals surface area contributed by atoms with E-state index in [1.165, 1.54) is 70.6 Å². The van der Waals surface area contributed by atoms with Gasteiger partial charge in [0.05, 0.1) is 6.04 Å². The summed E-state index contributed by atoms with van der Waals surface area (Å²) in [4.78, 5) is 34.3. The standard InChI is InChI=1S/C30H55IN2O7/c31-29(38)24(21-22-25-30(39)40-25)33-27(35)19-17-23-32-26(34)18-15-13-11-9-7-5-3-1-2-4-6-8-10-12-14-16-20-28(36)37/h24-25,27,30,33,35,39H,1-23H2,(H,32,34)(H,36,37)/t24-,25?,27?,30?/m0/s1. The maximum absolute atomic E-state index is 12.0. The fourth-order valence-corrected chi connectivity index (χ4v) is 5.39. The first-order valence-corrected chi connectivity index (χ1v) is 16.8. The molecule has 1 rings (SSSR count). The third-order valence-electron chi connectivity index (χ3n) is 7.48. The average molecular weight is 683 g/mol. The topological polar surface area (TPSA) is 148 Å². The van der Waals surface area contributed by atoms with Crippen LogP contribution in [0.15, 0.2) is 0 Å². The number of hydrogen-bond donors (Lipinski definition) is 5. The van der Waals surface area contributed by atoms with E-state index in [1.807, 2.05) is 0 Å². The molecule has 0 spiro atoms. The van der Waals surface area contributed by atoms with Crippen LogP contribution in [-0.4, -0.2) is 62.2 Å². The van der Waals surface area contributed by atoms with Crippen LogP contribution < -0.4 is 10.6 Å². The Morgan fingerprint density at radius 1 is 0.725 bits per heavy atom. The summed E-state index contributed by atoms with van der Waals surface area (Å²) in [5, 5.41) is 33.8. The molecule has 1 fully saturated rings. The Hall–Kier alpha value is -0.820. The molecule has 1 amide bonds. The number of nitrogens with one attached hydrogen (secondary N) is 2. The third kappa shape index (κ3) is 22.8. The lowest BCUT2D eigenvalue weighted by molar-refractivity contribution is -0.137. The lowest BCUT2D eigenvalue weighted by Gasteiger charge is -2.19. The molecule has 234 valence electrons. The summed E-state index contributed by atoms with van der Waals surface area (Å²) in [6, 6.07) is -0.474. The van der Waals surface area contributed by atoms with Crippen molar-refractivity contribution in [3.05, 3.63) is 0 Å². The highest BCUT2D eigenvalue weighted by Gasteiger charge is 2.37. The van der Waals surface area contributed by atoms with Crippen molar-refractivity contribution in [3.8, 4) is 0 Å². The number of carbonyl (C=O) groups is 3. The van der Waals surface area contributed by atoms with Crippen LogP contribution in [0.5, 0.6) is 0 Å². The van der Waals surface area contributed by atoms with Gasteiger partial charge < -0.3 is 25.4 Å². The van der Waals surface area contributed by atoms with E-state index in [4.69, 9.17) is 9.84 Å². The van der Waals surface area contributed by atoms with Crippen LogP contribution in [0.4, 0.5) is 0 Å². The summed E-state index contributed by atoms with van der Waals surface area (Å²) in [7, 11) is 0. The molecule has 10 heteroatoms. The predicted octanol–water partition coefficient (Wildman–Crippen LogP) is 5.72. The first kappa shape index (κ1) is 37.2. The minimum atomic E-state index is -0.815. The molecule has 0 radical (unpaired) electrons. The van der Waals surface area contributed by atoms with Gasteiger partial charge >= 0.3 is 5.97 Å². The molecule has 1 saturated heterocycles. The molecule has 0 aromatic rings. The Morgan fingerprint density at radius 2 is 1.18 bits per heavy atom. The van der Waals surface area contributed by atoms with Gasteiger partial charge in [-0.25, -0.2) is 0 Å². The number of aliphatic carboxylic acids is 1. The second kappa shape index (κ2) is 24.7. The van der Waals surface area contributed by atoms with E-state index in [2.05, 4.69) is 10.6 Å². The quantitative estimate of drug-likeness (QED) is 0.0221. The van der Waals surface area contributed by atoms with Crippen molar-refractivity contribution in [2.75, 3.05) is 6.54 Å². The number of hydrogen-bond acceptors (Lipinski definition) is 7. The van der Waals surface area contributed by atoms with Crippen molar-refractivity contribution in [1.29, 1.82) is 0 Å². The lowest BCUT2D eigenvalue weighted by atomic mass is 10.0. The van der Waals surface area contributed by atoms with Gasteiger partial charge in [0.2, 0.25) is 9.70 Å². The number of aliphatic hydroxyl groups excluding tert-OH is 2. The molecule has 4 atom stereocenters. The van der Waals surface area contributed by atoms with Crippen molar-refractivity contribution in [3.63, 3.8) is 0 Å². The molecule has 0 bridgehead atoms. The smallest absolute Gasteiger partial charge is 0.303 e. The maximum Gasteiger partial charge on any atom is 0.303 e. The van der Waals surface area contributed by atoms with Crippen LogP contribution in [-0.2, 0) is 19.1 Å². The molecule has 1 heterocycles. The number of unbranched alkanes of at least 4 members (excludes halogenated alkanes) is 15. The first-order chi connectivity index (χ1) is 19.3. The highest BCUT2D eigenvalue weighted by atomic mass is 127. The molecular formula is C30H55IN2O7. The van der Waals surface area contributed by atoms with E-state index in [1.54, 1.807) is 22.6 Å². The van der Waals surface area contributed by atoms with E-state index in [0.29, 0.717) is 45.1 Å². The molecule has 0 aromatic carbocycles. The van der Waals surface area contributed by atoms with Gasteiger partial charge in [0.25, 0.3) is 0 Å². The van der Waals surface area contributed by atoms with E-state index in [-0.39, 0.29) is 15.8 Å². The molecule has 3 unspecified atom stereocenters. The summed E-state index contributed by atoms with van der Waals surface area (Å²) in [5.74, 6) is -0.623. The van der Waals surface area contributed by atoms with Gasteiger partial charge in [0.15, 0.2) is 6.29 Å². The second-order valence-corrected chi connectivity index (χ2v) is 12.3. The van der Waals surface area contributed by atoms with Gasteiger partial charge in [-0.05, 0) is 38.5 Å². The minimum Gasteiger partial charge on any atom is -0.481 e. The van der Waals surface area contributed by atoms with Gasteiger partial charge in [-0.2, -0.15) is 0 Å². The first-order valence-electron chi connectivity index (χ1n) is 15.7. The van der Waals surface area contributed by atoms with E-state index in [0.717, 1.165) is 32.1 Å². The second-order valence-electron chi connectivity index (χ2n) is 11.2. The zero-order valence-electron chi connectivity index (χ0n) is 24.4. The SMILES string of the molecule is O=C(O)CCCCCCCCCCCCCCCCCCC(=O)NCCCC(O)N[C@@H](CCC1OC1O)C(=O)I. The number of amides is 1. The molecule has 0 aliphatic carbocycles. The number of carbonyl (C=O) groups excluding carboxylic acids is 2. The zero-order chi connectivity index (χ0) is 29.4. The minimum absolute atomic E-state index is 0.0592. The Bertz CT molecular complexity index is 682. The fourth-order valence-electron chi connectivity index (χ4n) is 4.90. The number of rotatable bonds is 29. The van der Waals surface area contributed by atoms with Crippen LogP contribution in [0.1, 0.15) is 141 Å². The molecule has 9 nitrogen and oxygen atoms in total. The number of halogens is 1. The van der Waals surface area contributed by atoms with Crippen molar-refractivity contribution in [2.45, 2.75) is 166 Å². The van der Waals surface area contributed by atoms with Gasteiger partial charge in [0.1, 0.15) is 12.3 Å². The van der Waals surface area contributed by atoms with Crippen LogP contribution in [0, 0.1) is 0 Å².